The average Bonchev–Trinajstić information content (AvgIpc) is 3.19. The van der Waals surface area contributed by atoms with Gasteiger partial charge in [-0.15, -0.1) is 0 Å². The molecule has 1 atom stereocenters. The Morgan fingerprint density at radius 2 is 0.771 bits per heavy atom. The van der Waals surface area contributed by atoms with Crippen LogP contribution in [-0.2, 0) is 0 Å². The third-order valence-electron chi connectivity index (χ3n) is 8.82. The summed E-state index contributed by atoms with van der Waals surface area (Å²) in [5, 5.41) is 0. The van der Waals surface area contributed by atoms with Gasteiger partial charge in [-0.3, -0.25) is 29.9 Å². The fourth-order valence-corrected chi connectivity index (χ4v) is 6.58. The number of allylic oxidation sites excluding steroid dienone is 1. The number of aliphatic imine (C=N–C) groups is 1. The third kappa shape index (κ3) is 5.72. The molecule has 8 rings (SSSR count). The molecule has 0 saturated heterocycles. The zero-order valence-electron chi connectivity index (χ0n) is 26.1. The molecular formula is C42H30N6. The molecule has 6 nitrogen and oxygen atoms in total. The molecule has 0 aliphatic carbocycles. The summed E-state index contributed by atoms with van der Waals surface area (Å²) < 4.78 is 0. The number of pyridine rings is 5. The van der Waals surface area contributed by atoms with Gasteiger partial charge in [0.25, 0.3) is 0 Å². The molecule has 0 radical (unpaired) electrons. The number of benzene rings is 2. The molecule has 0 bridgehead atoms. The van der Waals surface area contributed by atoms with Crippen molar-refractivity contribution in [3.8, 4) is 66.8 Å². The molecule has 0 saturated carbocycles. The van der Waals surface area contributed by atoms with Gasteiger partial charge in [0, 0.05) is 80.3 Å². The quantitative estimate of drug-likeness (QED) is 0.178. The maximum absolute atomic E-state index is 4.41. The van der Waals surface area contributed by atoms with E-state index < -0.39 is 0 Å². The van der Waals surface area contributed by atoms with E-state index in [2.05, 4.69) is 121 Å². The van der Waals surface area contributed by atoms with Gasteiger partial charge in [-0.05, 0) is 164 Å². The number of rotatable bonds is 7. The standard InChI is InChI=1S/C42H30N6/c1-13-43-14-2-29(1)37-25-35(26-38(30-3-15-44-16-4-30)41(37)33-9-21-47-22-10-33)36-27-39(31-5-17-45-18-6-31)42(34-11-23-48-24-12-34)40(28-36)32-7-19-46-20-8-32/h1-7,9-28,32H,8H2. The summed E-state index contributed by atoms with van der Waals surface area (Å²) in [6, 6.07) is 30.1. The first-order chi connectivity index (χ1) is 23.8. The molecule has 5 aromatic heterocycles. The van der Waals surface area contributed by atoms with Gasteiger partial charge in [0.05, 0.1) is 0 Å². The van der Waals surface area contributed by atoms with E-state index in [4.69, 9.17) is 0 Å². The molecule has 1 unspecified atom stereocenters. The fourth-order valence-electron chi connectivity index (χ4n) is 6.58. The summed E-state index contributed by atoms with van der Waals surface area (Å²) in [5.41, 5.74) is 14.6. The highest BCUT2D eigenvalue weighted by Crippen LogP contribution is 2.46. The lowest BCUT2D eigenvalue weighted by molar-refractivity contribution is 0.890. The van der Waals surface area contributed by atoms with Gasteiger partial charge >= 0.3 is 0 Å². The van der Waals surface area contributed by atoms with E-state index in [0.29, 0.717) is 0 Å². The molecule has 0 N–H and O–H groups in total. The van der Waals surface area contributed by atoms with Crippen molar-refractivity contribution < 1.29 is 0 Å². The van der Waals surface area contributed by atoms with E-state index in [1.165, 1.54) is 11.1 Å². The number of nitrogens with zero attached hydrogens (tertiary/aromatic N) is 6. The molecular weight excluding hydrogens is 589 g/mol. The first-order valence-electron chi connectivity index (χ1n) is 15.9. The lowest BCUT2D eigenvalue weighted by Gasteiger charge is -2.24. The monoisotopic (exact) mass is 618 g/mol. The first-order valence-corrected chi connectivity index (χ1v) is 15.9. The Kier molecular flexibility index (Phi) is 7.95. The van der Waals surface area contributed by atoms with E-state index >= 15 is 0 Å². The third-order valence-corrected chi connectivity index (χ3v) is 8.82. The van der Waals surface area contributed by atoms with E-state index in [1.54, 1.807) is 0 Å². The molecule has 1 aliphatic heterocycles. The normalized spacial score (nSPS) is 13.8. The Bertz CT molecular complexity index is 2180. The van der Waals surface area contributed by atoms with Crippen molar-refractivity contribution >= 4 is 6.21 Å². The van der Waals surface area contributed by atoms with E-state index in [0.717, 1.165) is 67.6 Å². The molecule has 2 aromatic carbocycles. The van der Waals surface area contributed by atoms with Crippen molar-refractivity contribution in [2.45, 2.75) is 12.3 Å². The van der Waals surface area contributed by atoms with Crippen LogP contribution in [0.5, 0.6) is 0 Å². The van der Waals surface area contributed by atoms with Crippen LogP contribution in [0.4, 0.5) is 0 Å². The minimum Gasteiger partial charge on any atom is -0.269 e. The summed E-state index contributed by atoms with van der Waals surface area (Å²) in [4.78, 5) is 26.1. The van der Waals surface area contributed by atoms with Crippen molar-refractivity contribution in [1.82, 2.24) is 24.9 Å². The maximum Gasteiger partial charge on any atom is 0.0273 e. The van der Waals surface area contributed by atoms with Gasteiger partial charge in [-0.2, -0.15) is 0 Å². The van der Waals surface area contributed by atoms with E-state index in [-0.39, 0.29) is 5.92 Å². The van der Waals surface area contributed by atoms with Gasteiger partial charge in [-0.1, -0.05) is 6.08 Å². The van der Waals surface area contributed by atoms with Gasteiger partial charge in [0.2, 0.25) is 0 Å². The summed E-state index contributed by atoms with van der Waals surface area (Å²) in [7, 11) is 0. The smallest absolute Gasteiger partial charge is 0.0273 e. The lowest BCUT2D eigenvalue weighted by Crippen LogP contribution is -2.04. The van der Waals surface area contributed by atoms with Crippen molar-refractivity contribution in [2.75, 3.05) is 0 Å². The Morgan fingerprint density at radius 3 is 1.19 bits per heavy atom. The number of hydrogen-bond acceptors (Lipinski definition) is 6. The zero-order chi connectivity index (χ0) is 32.1. The second-order valence-corrected chi connectivity index (χ2v) is 11.6. The van der Waals surface area contributed by atoms with Crippen molar-refractivity contribution in [2.24, 2.45) is 4.99 Å². The second kappa shape index (κ2) is 13.1. The predicted molar refractivity (Wildman–Crippen MR) is 193 cm³/mol. The molecule has 6 heteroatoms. The molecule has 48 heavy (non-hydrogen) atoms. The zero-order valence-corrected chi connectivity index (χ0v) is 26.1. The van der Waals surface area contributed by atoms with E-state index in [9.17, 15) is 0 Å². The highest BCUT2D eigenvalue weighted by atomic mass is 14.7. The number of aromatic nitrogens is 5. The van der Waals surface area contributed by atoms with Crippen molar-refractivity contribution in [1.29, 1.82) is 0 Å². The van der Waals surface area contributed by atoms with Crippen LogP contribution < -0.4 is 0 Å². The van der Waals surface area contributed by atoms with Crippen LogP contribution >= 0.6 is 0 Å². The fraction of sp³-hybridized carbons (Fsp3) is 0.0476. The SMILES string of the molecule is C1=CC(c2cc(-c3cc(-c4ccncc4)c(-c4ccncc4)c(-c4ccncc4)c3)cc(-c3ccncc3)c2-c2ccncc2)CC=N1. The van der Waals surface area contributed by atoms with Crippen LogP contribution in [0, 0.1) is 0 Å². The Hall–Kier alpha value is -6.40. The van der Waals surface area contributed by atoms with Crippen molar-refractivity contribution in [3.05, 3.63) is 165 Å². The molecule has 1 aliphatic rings. The minimum absolute atomic E-state index is 0.154. The molecule has 7 aromatic rings. The largest absolute Gasteiger partial charge is 0.269 e. The van der Waals surface area contributed by atoms with Gasteiger partial charge in [0.15, 0.2) is 0 Å². The van der Waals surface area contributed by atoms with Crippen LogP contribution in [0.15, 0.2) is 164 Å². The van der Waals surface area contributed by atoms with Crippen LogP contribution in [0.25, 0.3) is 66.8 Å². The summed E-state index contributed by atoms with van der Waals surface area (Å²) >= 11 is 0. The summed E-state index contributed by atoms with van der Waals surface area (Å²) in [5.74, 6) is 0.154. The lowest BCUT2D eigenvalue weighted by atomic mass is 9.80. The number of hydrogen-bond donors (Lipinski definition) is 0. The average molecular weight is 619 g/mol. The molecule has 228 valence electrons. The Morgan fingerprint density at radius 1 is 0.396 bits per heavy atom. The molecule has 0 spiro atoms. The van der Waals surface area contributed by atoms with Gasteiger partial charge in [-0.25, -0.2) is 0 Å². The molecule has 0 fully saturated rings. The van der Waals surface area contributed by atoms with Crippen LogP contribution in [0.1, 0.15) is 17.9 Å². The van der Waals surface area contributed by atoms with Gasteiger partial charge in [0.1, 0.15) is 0 Å². The predicted octanol–water partition coefficient (Wildman–Crippen LogP) is 9.74. The molecule has 6 heterocycles. The first kappa shape index (κ1) is 29.0. The second-order valence-electron chi connectivity index (χ2n) is 11.6. The van der Waals surface area contributed by atoms with Crippen LogP contribution in [0.3, 0.4) is 0 Å². The van der Waals surface area contributed by atoms with Crippen molar-refractivity contribution in [3.63, 3.8) is 0 Å². The highest BCUT2D eigenvalue weighted by molar-refractivity contribution is 5.98. The summed E-state index contributed by atoms with van der Waals surface area (Å²) in [6.45, 7) is 0. The topological polar surface area (TPSA) is 76.8 Å². The Labute approximate surface area is 279 Å². The maximum atomic E-state index is 4.41. The van der Waals surface area contributed by atoms with Crippen LogP contribution in [0.2, 0.25) is 0 Å². The highest BCUT2D eigenvalue weighted by Gasteiger charge is 2.23. The minimum atomic E-state index is 0.154. The van der Waals surface area contributed by atoms with Gasteiger partial charge < -0.3 is 0 Å². The van der Waals surface area contributed by atoms with Crippen LogP contribution in [-0.4, -0.2) is 31.1 Å². The van der Waals surface area contributed by atoms with E-state index in [1.807, 2.05) is 74.4 Å². The molecule has 0 amide bonds. The summed E-state index contributed by atoms with van der Waals surface area (Å²) in [6.07, 6.45) is 25.5. The Balaban J connectivity index is 1.46.